The molecular weight excluding hydrogens is 464 g/mol. The number of aryl methyl sites for hydroxylation is 2. The molecule has 3 heterocycles. The molecule has 0 saturated carbocycles. The van der Waals surface area contributed by atoms with Crippen LogP contribution in [0.5, 0.6) is 0 Å². The van der Waals surface area contributed by atoms with Gasteiger partial charge in [0, 0.05) is 37.7 Å². The second-order valence-corrected chi connectivity index (χ2v) is 8.77. The fourth-order valence-corrected chi connectivity index (χ4v) is 4.05. The lowest BCUT2D eigenvalue weighted by atomic mass is 10.1. The van der Waals surface area contributed by atoms with Crippen LogP contribution in [-0.2, 0) is 19.1 Å². The van der Waals surface area contributed by atoms with Crippen LogP contribution in [0.15, 0.2) is 57.7 Å². The molecule has 1 aliphatic rings. The highest BCUT2D eigenvalue weighted by Crippen LogP contribution is 2.30. The molecule has 3 aromatic rings. The highest BCUT2D eigenvalue weighted by atomic mass is 16.5. The molecule has 1 aliphatic heterocycles. The van der Waals surface area contributed by atoms with E-state index in [1.807, 2.05) is 19.1 Å². The van der Waals surface area contributed by atoms with Crippen LogP contribution in [0.3, 0.4) is 0 Å². The van der Waals surface area contributed by atoms with Crippen molar-refractivity contribution in [1.29, 1.82) is 0 Å². The maximum absolute atomic E-state index is 13.6. The van der Waals surface area contributed by atoms with Crippen LogP contribution in [0, 0.1) is 13.8 Å². The van der Waals surface area contributed by atoms with E-state index in [9.17, 15) is 14.4 Å². The molecule has 1 saturated heterocycles. The Hall–Kier alpha value is -3.92. The van der Waals surface area contributed by atoms with Crippen molar-refractivity contribution in [3.63, 3.8) is 0 Å². The summed E-state index contributed by atoms with van der Waals surface area (Å²) in [5.74, 6) is -0.0328. The van der Waals surface area contributed by atoms with Gasteiger partial charge in [-0.3, -0.25) is 19.3 Å². The van der Waals surface area contributed by atoms with Crippen LogP contribution in [0.1, 0.15) is 48.8 Å². The SMILES string of the molecule is Cc1ccc(N(C(=O)CCC(=O)Nc2cc(C)on2)[C@@H](C(=O)NC[C@H]2CCCO2)c2ccco2)cc1. The molecule has 4 rings (SSSR count). The summed E-state index contributed by atoms with van der Waals surface area (Å²) in [6.45, 7) is 4.66. The maximum Gasteiger partial charge on any atom is 0.251 e. The van der Waals surface area contributed by atoms with E-state index >= 15 is 0 Å². The molecule has 1 aromatic carbocycles. The molecule has 10 nitrogen and oxygen atoms in total. The van der Waals surface area contributed by atoms with Crippen molar-refractivity contribution < 1.29 is 28.1 Å². The van der Waals surface area contributed by atoms with Crippen molar-refractivity contribution in [3.05, 3.63) is 65.8 Å². The van der Waals surface area contributed by atoms with Crippen LogP contribution in [0.25, 0.3) is 0 Å². The van der Waals surface area contributed by atoms with Crippen molar-refractivity contribution in [3.8, 4) is 0 Å². The monoisotopic (exact) mass is 494 g/mol. The second kappa shape index (κ2) is 11.7. The van der Waals surface area contributed by atoms with Crippen molar-refractivity contribution in [2.75, 3.05) is 23.4 Å². The molecule has 0 radical (unpaired) electrons. The molecule has 0 spiro atoms. The second-order valence-electron chi connectivity index (χ2n) is 8.77. The Balaban J connectivity index is 1.54. The van der Waals surface area contributed by atoms with Crippen molar-refractivity contribution >= 4 is 29.2 Å². The zero-order valence-corrected chi connectivity index (χ0v) is 20.4. The van der Waals surface area contributed by atoms with Gasteiger partial charge < -0.3 is 24.3 Å². The summed E-state index contributed by atoms with van der Waals surface area (Å²) in [5.41, 5.74) is 1.53. The summed E-state index contributed by atoms with van der Waals surface area (Å²) in [4.78, 5) is 40.8. The summed E-state index contributed by atoms with van der Waals surface area (Å²) in [5, 5.41) is 9.26. The summed E-state index contributed by atoms with van der Waals surface area (Å²) in [6.07, 6.45) is 2.99. The lowest BCUT2D eigenvalue weighted by Crippen LogP contribution is -2.45. The predicted octanol–water partition coefficient (Wildman–Crippen LogP) is 3.67. The van der Waals surface area contributed by atoms with Crippen molar-refractivity contribution in [2.24, 2.45) is 0 Å². The first-order valence-corrected chi connectivity index (χ1v) is 12.0. The summed E-state index contributed by atoms with van der Waals surface area (Å²) < 4.78 is 16.2. The van der Waals surface area contributed by atoms with Gasteiger partial charge in [-0.25, -0.2) is 0 Å². The van der Waals surface area contributed by atoms with E-state index in [4.69, 9.17) is 13.7 Å². The first kappa shape index (κ1) is 25.2. The van der Waals surface area contributed by atoms with E-state index in [1.54, 1.807) is 37.3 Å². The largest absolute Gasteiger partial charge is 0.467 e. The molecule has 0 bridgehead atoms. The molecule has 2 atom stereocenters. The topological polar surface area (TPSA) is 127 Å². The van der Waals surface area contributed by atoms with Gasteiger partial charge in [0.1, 0.15) is 11.5 Å². The Bertz CT molecular complexity index is 1170. The first-order chi connectivity index (χ1) is 17.4. The van der Waals surface area contributed by atoms with Crippen molar-refractivity contribution in [1.82, 2.24) is 10.5 Å². The quantitative estimate of drug-likeness (QED) is 0.440. The van der Waals surface area contributed by atoms with Crippen LogP contribution in [0.2, 0.25) is 0 Å². The number of furan rings is 1. The molecule has 10 heteroatoms. The maximum atomic E-state index is 13.6. The first-order valence-electron chi connectivity index (χ1n) is 12.0. The smallest absolute Gasteiger partial charge is 0.251 e. The minimum Gasteiger partial charge on any atom is -0.467 e. The van der Waals surface area contributed by atoms with Gasteiger partial charge in [-0.1, -0.05) is 22.9 Å². The van der Waals surface area contributed by atoms with Gasteiger partial charge in [-0.2, -0.15) is 0 Å². The summed E-state index contributed by atoms with van der Waals surface area (Å²) >= 11 is 0. The molecule has 0 aliphatic carbocycles. The number of nitrogens with zero attached hydrogens (tertiary/aromatic N) is 2. The number of carbonyl (C=O) groups excluding carboxylic acids is 3. The Morgan fingerprint density at radius 2 is 1.94 bits per heavy atom. The zero-order valence-electron chi connectivity index (χ0n) is 20.4. The lowest BCUT2D eigenvalue weighted by molar-refractivity contribution is -0.128. The standard InChI is InChI=1S/C26H30N4O6/c1-17-7-9-19(10-8-17)30(24(32)12-11-23(31)28-22-15-18(2)36-29-22)25(21-6-4-14-35-21)26(33)27-16-20-5-3-13-34-20/h4,6-10,14-15,20,25H,3,5,11-13,16H2,1-2H3,(H,27,33)(H,28,29,31)/t20-,25-/m1/s1. The fourth-order valence-electron chi connectivity index (χ4n) is 4.05. The number of ether oxygens (including phenoxy) is 1. The average Bonchev–Trinajstić information content (AvgIpc) is 3.64. The number of aromatic nitrogens is 1. The van der Waals surface area contributed by atoms with Crippen LogP contribution in [0.4, 0.5) is 11.5 Å². The predicted molar refractivity (Wildman–Crippen MR) is 131 cm³/mol. The number of hydrogen-bond donors (Lipinski definition) is 2. The highest BCUT2D eigenvalue weighted by Gasteiger charge is 2.35. The number of amides is 3. The molecule has 3 amide bonds. The van der Waals surface area contributed by atoms with Gasteiger partial charge in [0.05, 0.1) is 12.4 Å². The summed E-state index contributed by atoms with van der Waals surface area (Å²) in [6, 6.07) is 11.1. The highest BCUT2D eigenvalue weighted by molar-refractivity contribution is 6.02. The zero-order chi connectivity index (χ0) is 25.5. The van der Waals surface area contributed by atoms with E-state index in [-0.39, 0.29) is 24.8 Å². The van der Waals surface area contributed by atoms with Gasteiger partial charge in [0.15, 0.2) is 11.9 Å². The lowest BCUT2D eigenvalue weighted by Gasteiger charge is -2.30. The number of anilines is 2. The molecule has 1 fully saturated rings. The van der Waals surface area contributed by atoms with Gasteiger partial charge in [-0.05, 0) is 51.0 Å². The number of nitrogens with one attached hydrogen (secondary N) is 2. The minimum atomic E-state index is -1.06. The third-order valence-corrected chi connectivity index (χ3v) is 5.89. The summed E-state index contributed by atoms with van der Waals surface area (Å²) in [7, 11) is 0. The van der Waals surface area contributed by atoms with E-state index < -0.39 is 23.8 Å². The van der Waals surface area contributed by atoms with Gasteiger partial charge in [0.2, 0.25) is 11.8 Å². The Morgan fingerprint density at radius 3 is 2.58 bits per heavy atom. The van der Waals surface area contributed by atoms with Crippen LogP contribution >= 0.6 is 0 Å². The number of benzene rings is 1. The third-order valence-electron chi connectivity index (χ3n) is 5.89. The van der Waals surface area contributed by atoms with E-state index in [1.165, 1.54) is 11.2 Å². The van der Waals surface area contributed by atoms with E-state index in [0.717, 1.165) is 18.4 Å². The number of hydrogen-bond acceptors (Lipinski definition) is 7. The van der Waals surface area contributed by atoms with E-state index in [0.29, 0.717) is 30.4 Å². The molecule has 0 unspecified atom stereocenters. The fraction of sp³-hybridized carbons (Fsp3) is 0.385. The molecule has 190 valence electrons. The van der Waals surface area contributed by atoms with Gasteiger partial charge in [0.25, 0.3) is 5.91 Å². The molecule has 2 N–H and O–H groups in total. The van der Waals surface area contributed by atoms with Crippen LogP contribution < -0.4 is 15.5 Å². The van der Waals surface area contributed by atoms with Gasteiger partial charge >= 0.3 is 0 Å². The number of rotatable bonds is 10. The Labute approximate surface area is 209 Å². The molecule has 36 heavy (non-hydrogen) atoms. The van der Waals surface area contributed by atoms with Crippen molar-refractivity contribution in [2.45, 2.75) is 51.7 Å². The van der Waals surface area contributed by atoms with Gasteiger partial charge in [-0.15, -0.1) is 0 Å². The Morgan fingerprint density at radius 1 is 1.14 bits per heavy atom. The minimum absolute atomic E-state index is 0.0569. The average molecular weight is 495 g/mol. The molecular formula is C26H30N4O6. The molecule has 2 aromatic heterocycles. The third kappa shape index (κ3) is 6.39. The van der Waals surface area contributed by atoms with E-state index in [2.05, 4.69) is 15.8 Å². The van der Waals surface area contributed by atoms with Crippen LogP contribution in [-0.4, -0.2) is 42.1 Å². The Kier molecular flexibility index (Phi) is 8.17. The normalized spacial score (nSPS) is 15.9. The number of carbonyl (C=O) groups is 3.